The molecule has 0 aliphatic rings. The van der Waals surface area contributed by atoms with Crippen LogP contribution in [0.1, 0.15) is 41.3 Å². The van der Waals surface area contributed by atoms with Crippen LogP contribution in [0, 0.1) is 12.8 Å². The second kappa shape index (κ2) is 10.6. The summed E-state index contributed by atoms with van der Waals surface area (Å²) in [7, 11) is 0. The van der Waals surface area contributed by atoms with Gasteiger partial charge < -0.3 is 10.1 Å². The normalized spacial score (nSPS) is 11.0. The van der Waals surface area contributed by atoms with Gasteiger partial charge >= 0.3 is 0 Å². The molecule has 0 aliphatic carbocycles. The lowest BCUT2D eigenvalue weighted by Crippen LogP contribution is -2.25. The van der Waals surface area contributed by atoms with Crippen LogP contribution in [0.5, 0.6) is 0 Å². The highest BCUT2D eigenvalue weighted by atomic mass is 32.2. The van der Waals surface area contributed by atoms with Gasteiger partial charge in [-0.15, -0.1) is 23.1 Å². The van der Waals surface area contributed by atoms with Crippen LogP contribution in [0.25, 0.3) is 0 Å². The number of benzene rings is 1. The number of thiazole rings is 1. The number of thioether (sulfide) groups is 1. The van der Waals surface area contributed by atoms with Gasteiger partial charge in [-0.2, -0.15) is 0 Å². The molecule has 1 heterocycles. The van der Waals surface area contributed by atoms with Gasteiger partial charge in [-0.05, 0) is 43.5 Å². The third-order valence-electron chi connectivity index (χ3n) is 3.37. The molecule has 2 rings (SSSR count). The monoisotopic (exact) mass is 378 g/mol. The molecule has 1 aromatic carbocycles. The highest BCUT2D eigenvalue weighted by Gasteiger charge is 2.06. The van der Waals surface area contributed by atoms with Crippen molar-refractivity contribution in [1.29, 1.82) is 0 Å². The standard InChI is InChI=1S/C19H26N2O2S2/c1-14(2)11-23-10-4-9-20-19(22)16-5-7-18(8-6-16)25-13-17-12-24-15(3)21-17/h5-8,12,14H,4,9-11,13H2,1-3H3,(H,20,22). The summed E-state index contributed by atoms with van der Waals surface area (Å²) in [4.78, 5) is 17.7. The fourth-order valence-electron chi connectivity index (χ4n) is 2.13. The van der Waals surface area contributed by atoms with E-state index in [-0.39, 0.29) is 5.91 Å². The fourth-order valence-corrected chi connectivity index (χ4v) is 3.64. The number of aryl methyl sites for hydroxylation is 1. The molecule has 0 fully saturated rings. The molecule has 0 saturated carbocycles. The van der Waals surface area contributed by atoms with Crippen molar-refractivity contribution in [2.24, 2.45) is 5.92 Å². The van der Waals surface area contributed by atoms with Crippen LogP contribution in [0.3, 0.4) is 0 Å². The van der Waals surface area contributed by atoms with Crippen molar-refractivity contribution in [2.45, 2.75) is 37.8 Å². The van der Waals surface area contributed by atoms with E-state index < -0.39 is 0 Å². The van der Waals surface area contributed by atoms with Gasteiger partial charge in [0.2, 0.25) is 0 Å². The molecule has 2 aromatic rings. The first-order valence-electron chi connectivity index (χ1n) is 8.54. The van der Waals surface area contributed by atoms with Crippen LogP contribution < -0.4 is 5.32 Å². The quantitative estimate of drug-likeness (QED) is 0.487. The molecule has 0 bridgehead atoms. The summed E-state index contributed by atoms with van der Waals surface area (Å²) in [6.45, 7) is 8.36. The molecule has 1 aromatic heterocycles. The van der Waals surface area contributed by atoms with E-state index in [0.717, 1.165) is 34.4 Å². The average Bonchev–Trinajstić information content (AvgIpc) is 3.01. The maximum atomic E-state index is 12.1. The van der Waals surface area contributed by atoms with Crippen molar-refractivity contribution in [3.8, 4) is 0 Å². The number of ether oxygens (including phenoxy) is 1. The van der Waals surface area contributed by atoms with E-state index in [1.54, 1.807) is 23.1 Å². The van der Waals surface area contributed by atoms with Gasteiger partial charge in [-0.3, -0.25) is 4.79 Å². The minimum atomic E-state index is -0.0319. The smallest absolute Gasteiger partial charge is 0.251 e. The SMILES string of the molecule is Cc1nc(CSc2ccc(C(=O)NCCCOCC(C)C)cc2)cs1. The summed E-state index contributed by atoms with van der Waals surface area (Å²) in [6, 6.07) is 7.73. The first-order valence-corrected chi connectivity index (χ1v) is 10.4. The lowest BCUT2D eigenvalue weighted by Gasteiger charge is -2.08. The maximum absolute atomic E-state index is 12.1. The number of rotatable bonds is 10. The van der Waals surface area contributed by atoms with Gasteiger partial charge in [0.25, 0.3) is 5.91 Å². The Morgan fingerprint density at radius 1 is 1.32 bits per heavy atom. The maximum Gasteiger partial charge on any atom is 0.251 e. The molecule has 6 heteroatoms. The second-order valence-corrected chi connectivity index (χ2v) is 8.36. The number of carbonyl (C=O) groups is 1. The van der Waals surface area contributed by atoms with E-state index in [1.165, 1.54) is 0 Å². The molecule has 0 radical (unpaired) electrons. The average molecular weight is 379 g/mol. The predicted octanol–water partition coefficient (Wildman–Crippen LogP) is 4.54. The zero-order chi connectivity index (χ0) is 18.1. The Kier molecular flexibility index (Phi) is 8.44. The van der Waals surface area contributed by atoms with Crippen LogP contribution in [-0.4, -0.2) is 30.6 Å². The van der Waals surface area contributed by atoms with Crippen LogP contribution in [0.2, 0.25) is 0 Å². The predicted molar refractivity (Wildman–Crippen MR) is 105 cm³/mol. The molecule has 0 spiro atoms. The molecule has 0 unspecified atom stereocenters. The first kappa shape index (κ1) is 19.9. The molecule has 0 atom stereocenters. The highest BCUT2D eigenvalue weighted by molar-refractivity contribution is 7.98. The Morgan fingerprint density at radius 2 is 2.08 bits per heavy atom. The van der Waals surface area contributed by atoms with E-state index in [0.29, 0.717) is 24.6 Å². The number of carbonyl (C=O) groups excluding carboxylic acids is 1. The molecule has 1 N–H and O–H groups in total. The molecule has 25 heavy (non-hydrogen) atoms. The van der Waals surface area contributed by atoms with Crippen LogP contribution in [0.4, 0.5) is 0 Å². The molecule has 1 amide bonds. The number of amides is 1. The lowest BCUT2D eigenvalue weighted by atomic mass is 10.2. The third-order valence-corrected chi connectivity index (χ3v) is 5.24. The van der Waals surface area contributed by atoms with E-state index in [1.807, 2.05) is 31.2 Å². The second-order valence-electron chi connectivity index (χ2n) is 6.25. The number of aromatic nitrogens is 1. The van der Waals surface area contributed by atoms with Crippen LogP contribution in [0.15, 0.2) is 34.5 Å². The lowest BCUT2D eigenvalue weighted by molar-refractivity contribution is 0.0925. The zero-order valence-corrected chi connectivity index (χ0v) is 16.7. The Balaban J connectivity index is 1.68. The Hall–Kier alpha value is -1.37. The van der Waals surface area contributed by atoms with Crippen LogP contribution >= 0.6 is 23.1 Å². The minimum Gasteiger partial charge on any atom is -0.381 e. The van der Waals surface area contributed by atoms with Crippen molar-refractivity contribution in [2.75, 3.05) is 19.8 Å². The first-order chi connectivity index (χ1) is 12.0. The van der Waals surface area contributed by atoms with Gasteiger partial charge in [0, 0.05) is 41.4 Å². The van der Waals surface area contributed by atoms with Gasteiger partial charge in [-0.25, -0.2) is 4.98 Å². The Bertz CT molecular complexity index is 654. The summed E-state index contributed by atoms with van der Waals surface area (Å²) >= 11 is 3.41. The topological polar surface area (TPSA) is 51.2 Å². The van der Waals surface area contributed by atoms with Crippen molar-refractivity contribution >= 4 is 29.0 Å². The van der Waals surface area contributed by atoms with Crippen molar-refractivity contribution in [1.82, 2.24) is 10.3 Å². The fraction of sp³-hybridized carbons (Fsp3) is 0.474. The molecular formula is C19H26N2O2S2. The number of hydrogen-bond acceptors (Lipinski definition) is 5. The van der Waals surface area contributed by atoms with Gasteiger partial charge in [0.1, 0.15) is 0 Å². The molecule has 0 saturated heterocycles. The van der Waals surface area contributed by atoms with Gasteiger partial charge in [-0.1, -0.05) is 13.8 Å². The molecule has 136 valence electrons. The number of nitrogens with one attached hydrogen (secondary N) is 1. The van der Waals surface area contributed by atoms with Crippen molar-refractivity contribution in [3.05, 3.63) is 45.9 Å². The van der Waals surface area contributed by atoms with E-state index in [2.05, 4.69) is 29.5 Å². The Morgan fingerprint density at radius 3 is 2.72 bits per heavy atom. The largest absolute Gasteiger partial charge is 0.381 e. The minimum absolute atomic E-state index is 0.0319. The summed E-state index contributed by atoms with van der Waals surface area (Å²) in [5.74, 6) is 1.37. The number of hydrogen-bond donors (Lipinski definition) is 1. The molecule has 0 aliphatic heterocycles. The summed E-state index contributed by atoms with van der Waals surface area (Å²) in [5.41, 5.74) is 1.80. The van der Waals surface area contributed by atoms with Gasteiger partial charge in [0.05, 0.1) is 10.7 Å². The summed E-state index contributed by atoms with van der Waals surface area (Å²) < 4.78 is 5.50. The van der Waals surface area contributed by atoms with E-state index >= 15 is 0 Å². The zero-order valence-electron chi connectivity index (χ0n) is 15.1. The van der Waals surface area contributed by atoms with E-state index in [9.17, 15) is 4.79 Å². The Labute approximate surface area is 158 Å². The number of nitrogens with zero attached hydrogens (tertiary/aromatic N) is 1. The van der Waals surface area contributed by atoms with Gasteiger partial charge in [0.15, 0.2) is 0 Å². The third kappa shape index (κ3) is 7.59. The van der Waals surface area contributed by atoms with E-state index in [4.69, 9.17) is 4.74 Å². The molecular weight excluding hydrogens is 352 g/mol. The van der Waals surface area contributed by atoms with Crippen molar-refractivity contribution in [3.63, 3.8) is 0 Å². The highest BCUT2D eigenvalue weighted by Crippen LogP contribution is 2.23. The summed E-state index contributed by atoms with van der Waals surface area (Å²) in [6.07, 6.45) is 0.833. The summed E-state index contributed by atoms with van der Waals surface area (Å²) in [5, 5.41) is 6.12. The van der Waals surface area contributed by atoms with Crippen LogP contribution in [-0.2, 0) is 10.5 Å². The van der Waals surface area contributed by atoms with Crippen molar-refractivity contribution < 1.29 is 9.53 Å². The molecule has 4 nitrogen and oxygen atoms in total.